The first-order valence-electron chi connectivity index (χ1n) is 17.1. The maximum absolute atomic E-state index is 10.8. The molecule has 0 saturated carbocycles. The molecule has 0 aliphatic heterocycles. The highest BCUT2D eigenvalue weighted by Gasteiger charge is 2.21. The molecule has 0 aromatic carbocycles. The molecule has 0 bridgehead atoms. The van der Waals surface area contributed by atoms with Crippen molar-refractivity contribution >= 4 is 64.4 Å². The molecule has 46 heavy (non-hydrogen) atoms. The number of thiol groups is 3. The molecule has 6 atom stereocenters. The molecule has 0 aliphatic carbocycles. The summed E-state index contributed by atoms with van der Waals surface area (Å²) < 4.78 is 0. The average molecular weight is 737 g/mol. The van der Waals surface area contributed by atoms with Crippen LogP contribution in [0.3, 0.4) is 0 Å². The molecule has 0 aliphatic rings. The van der Waals surface area contributed by atoms with Crippen molar-refractivity contribution in [2.45, 2.75) is 138 Å². The minimum atomic E-state index is -2.62. The summed E-state index contributed by atoms with van der Waals surface area (Å²) in [5.41, 5.74) is 0. The molecule has 0 aromatic rings. The number of hydrogen-bond acceptors (Lipinski definition) is 9. The van der Waals surface area contributed by atoms with E-state index in [2.05, 4.69) is 79.4 Å². The highest BCUT2D eigenvalue weighted by atomic mass is 32.1. The first-order valence-corrected chi connectivity index (χ1v) is 20.2. The largest absolute Gasteiger partial charge is 0.481 e. The molecule has 0 saturated heterocycles. The fourth-order valence-corrected chi connectivity index (χ4v) is 5.83. The quantitative estimate of drug-likeness (QED) is 0.0347. The molecule has 278 valence electrons. The third-order valence-electron chi connectivity index (χ3n) is 8.19. The summed E-state index contributed by atoms with van der Waals surface area (Å²) in [5.74, 6) is 0.156. The molecule has 9 nitrogen and oxygen atoms in total. The average Bonchev–Trinajstić information content (AvgIpc) is 3.01. The van der Waals surface area contributed by atoms with E-state index in [1.54, 1.807) is 0 Å². The molecule has 0 aromatic heterocycles. The summed E-state index contributed by atoms with van der Waals surface area (Å²) in [6.45, 7) is 12.9. The molecular formula is C33H69O9PS3. The molecule has 0 heterocycles. The number of carboxylic acid groups (broad SMARTS) is 3. The van der Waals surface area contributed by atoms with Crippen molar-refractivity contribution in [2.24, 2.45) is 35.5 Å². The molecule has 0 amide bonds. The van der Waals surface area contributed by atoms with Crippen molar-refractivity contribution in [3.05, 3.63) is 0 Å². The number of carbonyl (C=O) groups is 3. The first kappa shape index (κ1) is 52.6. The lowest BCUT2D eigenvalue weighted by Crippen LogP contribution is -2.19. The van der Waals surface area contributed by atoms with E-state index in [1.807, 2.05) is 0 Å². The number of carboxylic acids is 3. The third kappa shape index (κ3) is 35.1. The Morgan fingerprint density at radius 3 is 0.804 bits per heavy atom. The molecular weight excluding hydrogens is 668 g/mol. The van der Waals surface area contributed by atoms with Gasteiger partial charge in [-0.15, -0.1) is 0 Å². The molecule has 6 N–H and O–H groups in total. The Kier molecular flexibility index (Phi) is 43.0. The normalized spacial score (nSPS) is 14.5. The van der Waals surface area contributed by atoms with Gasteiger partial charge in [-0.25, -0.2) is 0 Å². The Balaban J connectivity index is -0.000000271. The maximum atomic E-state index is 10.8. The SMILES string of the molecule is CCCCC(CC)CC(CS)C(=O)O.CCCCC(CC)CC(CS)C(=O)O.CCCCC(CC)CC(CS)C(=O)O.OP(O)O. The van der Waals surface area contributed by atoms with Crippen LogP contribution < -0.4 is 0 Å². The Morgan fingerprint density at radius 2 is 0.696 bits per heavy atom. The van der Waals surface area contributed by atoms with E-state index < -0.39 is 26.5 Å². The van der Waals surface area contributed by atoms with Gasteiger partial charge in [0.2, 0.25) is 0 Å². The molecule has 0 fully saturated rings. The van der Waals surface area contributed by atoms with Crippen LogP contribution in [-0.2, 0) is 14.4 Å². The minimum absolute atomic E-state index is 0.264. The van der Waals surface area contributed by atoms with E-state index in [-0.39, 0.29) is 17.8 Å². The highest BCUT2D eigenvalue weighted by molar-refractivity contribution is 7.80. The standard InChI is InChI=1S/3C11H22O2S.H3O3P/c3*1-3-5-6-9(4-2)7-10(8-14)11(12)13;1-4(2)3/h3*9-10,14H,3-8H2,1-2H3,(H,12,13);1-3H. The predicted octanol–water partition coefficient (Wildman–Crippen LogP) is 8.86. The van der Waals surface area contributed by atoms with Gasteiger partial charge in [0, 0.05) is 17.3 Å². The molecule has 13 heteroatoms. The maximum Gasteiger partial charge on any atom is 0.324 e. The van der Waals surface area contributed by atoms with Crippen molar-refractivity contribution in [1.82, 2.24) is 0 Å². The summed E-state index contributed by atoms with van der Waals surface area (Å²) in [7, 11) is -2.62. The lowest BCUT2D eigenvalue weighted by molar-refractivity contribution is -0.142. The molecule has 0 rings (SSSR count). The second-order valence-electron chi connectivity index (χ2n) is 11.9. The van der Waals surface area contributed by atoms with Gasteiger partial charge in [0.1, 0.15) is 0 Å². The molecule has 0 spiro atoms. The first-order chi connectivity index (χ1) is 21.7. The van der Waals surface area contributed by atoms with Crippen LogP contribution in [0.15, 0.2) is 0 Å². The zero-order valence-corrected chi connectivity index (χ0v) is 33.0. The van der Waals surface area contributed by atoms with Crippen LogP contribution in [0.25, 0.3) is 0 Å². The summed E-state index contributed by atoms with van der Waals surface area (Å²) in [4.78, 5) is 54.1. The fourth-order valence-electron chi connectivity index (χ4n) is 4.91. The molecule has 6 unspecified atom stereocenters. The van der Waals surface area contributed by atoms with Crippen molar-refractivity contribution in [3.8, 4) is 0 Å². The number of unbranched alkanes of at least 4 members (excludes halogenated alkanes) is 3. The fraction of sp³-hybridized carbons (Fsp3) is 0.909. The van der Waals surface area contributed by atoms with Crippen LogP contribution in [-0.4, -0.2) is 65.2 Å². The number of rotatable bonds is 24. The second-order valence-corrected chi connectivity index (χ2v) is 13.5. The Hall–Kier alpha value is -0.230. The van der Waals surface area contributed by atoms with Gasteiger partial charge in [0.15, 0.2) is 0 Å². The van der Waals surface area contributed by atoms with Crippen LogP contribution in [0.4, 0.5) is 0 Å². The minimum Gasteiger partial charge on any atom is -0.481 e. The smallest absolute Gasteiger partial charge is 0.324 e. The van der Waals surface area contributed by atoms with Crippen molar-refractivity contribution in [2.75, 3.05) is 17.3 Å². The van der Waals surface area contributed by atoms with E-state index in [0.717, 1.165) is 57.8 Å². The lowest BCUT2D eigenvalue weighted by atomic mass is 9.89. The number of hydrogen-bond donors (Lipinski definition) is 9. The predicted molar refractivity (Wildman–Crippen MR) is 202 cm³/mol. The van der Waals surface area contributed by atoms with Crippen molar-refractivity contribution in [1.29, 1.82) is 0 Å². The van der Waals surface area contributed by atoms with Crippen LogP contribution in [0.2, 0.25) is 0 Å². The van der Waals surface area contributed by atoms with Gasteiger partial charge in [-0.2, -0.15) is 37.9 Å². The van der Waals surface area contributed by atoms with Crippen molar-refractivity contribution < 1.29 is 44.4 Å². The lowest BCUT2D eigenvalue weighted by Gasteiger charge is -2.18. The van der Waals surface area contributed by atoms with Gasteiger partial charge >= 0.3 is 26.5 Å². The van der Waals surface area contributed by atoms with Crippen molar-refractivity contribution in [3.63, 3.8) is 0 Å². The summed E-state index contributed by atoms with van der Waals surface area (Å²) in [6, 6.07) is 0. The topological polar surface area (TPSA) is 173 Å². The molecule has 0 radical (unpaired) electrons. The van der Waals surface area contributed by atoms with E-state index in [1.165, 1.54) is 38.5 Å². The zero-order valence-electron chi connectivity index (χ0n) is 29.4. The van der Waals surface area contributed by atoms with E-state index in [9.17, 15) is 14.4 Å². The number of aliphatic carboxylic acids is 3. The Labute approximate surface area is 298 Å². The van der Waals surface area contributed by atoms with Crippen LogP contribution in [0, 0.1) is 35.5 Å². The highest BCUT2D eigenvalue weighted by Crippen LogP contribution is 2.24. The summed E-state index contributed by atoms with van der Waals surface area (Å²) in [5, 5.41) is 26.7. The monoisotopic (exact) mass is 736 g/mol. The third-order valence-corrected chi connectivity index (χ3v) is 9.51. The van der Waals surface area contributed by atoms with Crippen LogP contribution >= 0.6 is 46.5 Å². The van der Waals surface area contributed by atoms with Gasteiger partial charge in [0.25, 0.3) is 0 Å². The second kappa shape index (κ2) is 37.6. The Bertz CT molecular complexity index is 617. The van der Waals surface area contributed by atoms with E-state index >= 15 is 0 Å². The van der Waals surface area contributed by atoms with Gasteiger partial charge < -0.3 is 30.0 Å². The summed E-state index contributed by atoms with van der Waals surface area (Å²) in [6.07, 6.45) is 16.3. The van der Waals surface area contributed by atoms with E-state index in [4.69, 9.17) is 30.0 Å². The van der Waals surface area contributed by atoms with E-state index in [0.29, 0.717) is 35.0 Å². The van der Waals surface area contributed by atoms with Crippen LogP contribution in [0.1, 0.15) is 138 Å². The van der Waals surface area contributed by atoms with Gasteiger partial charge in [0.05, 0.1) is 17.8 Å². The van der Waals surface area contributed by atoms with Crippen LogP contribution in [0.5, 0.6) is 0 Å². The van der Waals surface area contributed by atoms with Gasteiger partial charge in [-0.3, -0.25) is 14.4 Å². The van der Waals surface area contributed by atoms with Gasteiger partial charge in [-0.05, 0) is 37.0 Å². The zero-order chi connectivity index (χ0) is 36.5. The van der Waals surface area contributed by atoms with Gasteiger partial charge in [-0.1, -0.05) is 119 Å². The Morgan fingerprint density at radius 1 is 0.500 bits per heavy atom. The summed E-state index contributed by atoms with van der Waals surface area (Å²) >= 11 is 12.2.